The van der Waals surface area contributed by atoms with E-state index in [-0.39, 0.29) is 0 Å². The Hall–Kier alpha value is -0.190. The maximum Gasteiger partial charge on any atom is 0.212 e. The maximum atomic E-state index is 11.8. The van der Waals surface area contributed by atoms with Crippen molar-refractivity contribution in [2.45, 2.75) is 0 Å². The van der Waals surface area contributed by atoms with Gasteiger partial charge in [-0.05, 0) is 17.1 Å². The van der Waals surface area contributed by atoms with Crippen LogP contribution in [0.5, 0.6) is 0 Å². The molecule has 1 nitrogen and oxygen atoms in total. The molecule has 1 rings (SSSR count). The van der Waals surface area contributed by atoms with E-state index in [0.29, 0.717) is 0 Å². The van der Waals surface area contributed by atoms with Crippen molar-refractivity contribution in [2.24, 2.45) is 0 Å². The lowest BCUT2D eigenvalue weighted by atomic mass is 10.5. The van der Waals surface area contributed by atoms with Crippen molar-refractivity contribution in [1.29, 1.82) is 0 Å². The van der Waals surface area contributed by atoms with Crippen LogP contribution >= 0.6 is 22.6 Å². The number of aromatic nitrogens is 1. The lowest BCUT2D eigenvalue weighted by Gasteiger charge is -1.78. The lowest BCUT2D eigenvalue weighted by molar-refractivity contribution is 0.584. The Balaban J connectivity index is 0.000000291. The summed E-state index contributed by atoms with van der Waals surface area (Å²) in [5.41, 5.74) is 0. The topological polar surface area (TPSA) is 12.9 Å². The number of rotatable bonds is 0. The van der Waals surface area contributed by atoms with E-state index >= 15 is 0 Å². The van der Waals surface area contributed by atoms with Gasteiger partial charge in [0.25, 0.3) is 0 Å². The van der Waals surface area contributed by atoms with E-state index in [0.717, 1.165) is 0 Å². The fourth-order valence-electron chi connectivity index (χ4n) is 0.342. The van der Waals surface area contributed by atoms with Crippen LogP contribution < -0.4 is 0 Å². The molecule has 0 amide bonds. The van der Waals surface area contributed by atoms with Gasteiger partial charge in [0.05, 0.1) is 0 Å². The molecule has 0 unspecified atom stereocenters. The Morgan fingerprint density at radius 1 is 1.44 bits per heavy atom. The Labute approximate surface area is 67.4 Å². The van der Waals surface area contributed by atoms with Gasteiger partial charge in [-0.1, -0.05) is 28.7 Å². The lowest BCUT2D eigenvalue weighted by Crippen LogP contribution is -1.73. The van der Waals surface area contributed by atoms with Crippen molar-refractivity contribution >= 4 is 22.6 Å². The van der Waals surface area contributed by atoms with E-state index in [9.17, 15) is 4.39 Å². The first kappa shape index (κ1) is 8.81. The Kier molecular flexibility index (Phi) is 5.81. The quantitative estimate of drug-likeness (QED) is 0.384. The van der Waals surface area contributed by atoms with E-state index in [1.807, 2.05) is 4.93 Å². The fourth-order valence-corrected chi connectivity index (χ4v) is 0.342. The van der Waals surface area contributed by atoms with Gasteiger partial charge >= 0.3 is 0 Å². The van der Waals surface area contributed by atoms with Crippen LogP contribution in [-0.2, 0) is 0 Å². The van der Waals surface area contributed by atoms with Crippen molar-refractivity contribution < 1.29 is 4.39 Å². The zero-order valence-corrected chi connectivity index (χ0v) is 7.17. The van der Waals surface area contributed by atoms with Crippen LogP contribution in [0, 0.1) is 5.95 Å². The number of halogens is 2. The summed E-state index contributed by atoms with van der Waals surface area (Å²) >= 11 is 2.15. The van der Waals surface area contributed by atoms with Crippen LogP contribution in [0.25, 0.3) is 0 Å². The molecule has 0 radical (unpaired) electrons. The molecule has 0 aromatic carbocycles. The number of nitrogens with zero attached hydrogens (tertiary/aromatic N) is 1. The minimum absolute atomic E-state index is 0.428. The highest BCUT2D eigenvalue weighted by atomic mass is 127. The summed E-state index contributed by atoms with van der Waals surface area (Å²) in [6.45, 7) is 0. The SMILES string of the molecule is CI.Fc1ccccn1. The highest BCUT2D eigenvalue weighted by Gasteiger charge is 1.78. The molecule has 0 bridgehead atoms. The summed E-state index contributed by atoms with van der Waals surface area (Å²) in [4.78, 5) is 5.28. The molecule has 50 valence electrons. The summed E-state index contributed by atoms with van der Waals surface area (Å²) in [5.74, 6) is -0.428. The third kappa shape index (κ3) is 4.32. The molecule has 0 N–H and O–H groups in total. The molecule has 0 fully saturated rings. The van der Waals surface area contributed by atoms with E-state index in [1.165, 1.54) is 12.3 Å². The van der Waals surface area contributed by atoms with E-state index < -0.39 is 5.95 Å². The molecule has 0 atom stereocenters. The first-order valence-electron chi connectivity index (χ1n) is 2.34. The van der Waals surface area contributed by atoms with Crippen molar-refractivity contribution in [1.82, 2.24) is 4.98 Å². The van der Waals surface area contributed by atoms with Crippen LogP contribution in [0.1, 0.15) is 0 Å². The summed E-state index contributed by atoms with van der Waals surface area (Å²) in [7, 11) is 0. The second-order valence-electron chi connectivity index (χ2n) is 1.15. The zero-order chi connectivity index (χ0) is 7.11. The summed E-state index contributed by atoms with van der Waals surface area (Å²) in [6.07, 6.45) is 1.41. The Bertz CT molecular complexity index is 143. The molecule has 1 aromatic rings. The normalized spacial score (nSPS) is 7.44. The van der Waals surface area contributed by atoms with Gasteiger partial charge in [0.2, 0.25) is 5.95 Å². The molecule has 9 heavy (non-hydrogen) atoms. The molecule has 0 spiro atoms. The standard InChI is InChI=1S/C5H4FN.CH3I/c6-5-3-1-2-4-7-5;1-2/h1-4H;1H3. The van der Waals surface area contributed by atoms with Gasteiger partial charge in [0, 0.05) is 6.20 Å². The van der Waals surface area contributed by atoms with Crippen LogP contribution in [0.2, 0.25) is 0 Å². The average molecular weight is 239 g/mol. The minimum atomic E-state index is -0.428. The summed E-state index contributed by atoms with van der Waals surface area (Å²) in [5, 5.41) is 0. The molecule has 0 aliphatic heterocycles. The first-order valence-corrected chi connectivity index (χ1v) is 4.49. The van der Waals surface area contributed by atoms with Crippen LogP contribution in [-0.4, -0.2) is 9.91 Å². The highest BCUT2D eigenvalue weighted by molar-refractivity contribution is 14.1. The van der Waals surface area contributed by atoms with Gasteiger partial charge < -0.3 is 0 Å². The molecule has 3 heteroatoms. The fraction of sp³-hybridized carbons (Fsp3) is 0.167. The third-order valence-electron chi connectivity index (χ3n) is 0.629. The van der Waals surface area contributed by atoms with Crippen molar-refractivity contribution in [3.05, 3.63) is 30.3 Å². The highest BCUT2D eigenvalue weighted by Crippen LogP contribution is 1.85. The number of pyridine rings is 1. The van der Waals surface area contributed by atoms with E-state index in [2.05, 4.69) is 27.6 Å². The molecule has 0 aliphatic carbocycles. The molecule has 0 saturated heterocycles. The zero-order valence-electron chi connectivity index (χ0n) is 5.01. The summed E-state index contributed by atoms with van der Waals surface area (Å²) in [6, 6.07) is 4.57. The first-order chi connectivity index (χ1) is 4.39. The minimum Gasteiger partial charge on any atom is -0.228 e. The molecule has 1 aromatic heterocycles. The average Bonchev–Trinajstić information content (AvgIpc) is 1.94. The molecule has 0 aliphatic rings. The molecular formula is C6H7FIN. The van der Waals surface area contributed by atoms with Gasteiger partial charge in [-0.15, -0.1) is 0 Å². The number of hydrogen-bond acceptors (Lipinski definition) is 1. The second kappa shape index (κ2) is 5.94. The smallest absolute Gasteiger partial charge is 0.212 e. The van der Waals surface area contributed by atoms with Gasteiger partial charge in [-0.25, -0.2) is 4.98 Å². The van der Waals surface area contributed by atoms with Gasteiger partial charge in [-0.3, -0.25) is 0 Å². The van der Waals surface area contributed by atoms with Crippen LogP contribution in [0.4, 0.5) is 4.39 Å². The predicted molar refractivity (Wildman–Crippen MR) is 44.1 cm³/mol. The monoisotopic (exact) mass is 239 g/mol. The van der Waals surface area contributed by atoms with Gasteiger partial charge in [0.1, 0.15) is 0 Å². The van der Waals surface area contributed by atoms with Gasteiger partial charge in [0.15, 0.2) is 0 Å². The van der Waals surface area contributed by atoms with Crippen LogP contribution in [0.3, 0.4) is 0 Å². The van der Waals surface area contributed by atoms with E-state index in [1.54, 1.807) is 12.1 Å². The molecule has 1 heterocycles. The van der Waals surface area contributed by atoms with Crippen molar-refractivity contribution in [2.75, 3.05) is 4.93 Å². The number of hydrogen-bond donors (Lipinski definition) is 0. The van der Waals surface area contributed by atoms with Crippen molar-refractivity contribution in [3.8, 4) is 0 Å². The second-order valence-corrected chi connectivity index (χ2v) is 1.15. The third-order valence-corrected chi connectivity index (χ3v) is 0.629. The maximum absolute atomic E-state index is 11.8. The largest absolute Gasteiger partial charge is 0.228 e. The molecular weight excluding hydrogens is 232 g/mol. The van der Waals surface area contributed by atoms with Crippen molar-refractivity contribution in [3.63, 3.8) is 0 Å². The summed E-state index contributed by atoms with van der Waals surface area (Å²) < 4.78 is 11.8. The van der Waals surface area contributed by atoms with E-state index in [4.69, 9.17) is 0 Å². The van der Waals surface area contributed by atoms with Crippen LogP contribution in [0.15, 0.2) is 24.4 Å². The number of alkyl halides is 1. The Morgan fingerprint density at radius 3 is 2.33 bits per heavy atom. The van der Waals surface area contributed by atoms with Gasteiger partial charge in [-0.2, -0.15) is 4.39 Å². The Morgan fingerprint density at radius 2 is 2.11 bits per heavy atom. The molecule has 0 saturated carbocycles. The predicted octanol–water partition coefficient (Wildman–Crippen LogP) is 2.27.